The number of nitrogens with zero attached hydrogens (tertiary/aromatic N) is 1. The average Bonchev–Trinajstić information content (AvgIpc) is 2.88. The highest BCUT2D eigenvalue weighted by Crippen LogP contribution is 2.40. The van der Waals surface area contributed by atoms with Gasteiger partial charge >= 0.3 is 6.09 Å². The normalized spacial score (nSPS) is 19.2. The van der Waals surface area contributed by atoms with Crippen LogP contribution in [0.3, 0.4) is 0 Å². The van der Waals surface area contributed by atoms with Gasteiger partial charge in [0.2, 0.25) is 0 Å². The topological polar surface area (TPSA) is 70.0 Å². The molecule has 0 aliphatic carbocycles. The second kappa shape index (κ2) is 10.2. The smallest absolute Gasteiger partial charge is 0.411 e. The van der Waals surface area contributed by atoms with Crippen LogP contribution in [0.15, 0.2) is 78.9 Å². The van der Waals surface area contributed by atoms with Gasteiger partial charge in [-0.3, -0.25) is 0 Å². The van der Waals surface area contributed by atoms with Crippen LogP contribution in [0.1, 0.15) is 48.9 Å². The fraction of sp³-hybridized carbons (Fsp3) is 0.321. The summed E-state index contributed by atoms with van der Waals surface area (Å²) in [6.45, 7) is 2.72. The Morgan fingerprint density at radius 3 is 2.15 bits per heavy atom. The van der Waals surface area contributed by atoms with Crippen LogP contribution in [0.4, 0.5) is 4.79 Å². The van der Waals surface area contributed by atoms with Crippen molar-refractivity contribution in [1.82, 2.24) is 4.90 Å². The van der Waals surface area contributed by atoms with E-state index in [1.165, 1.54) is 0 Å². The zero-order valence-electron chi connectivity index (χ0n) is 19.0. The van der Waals surface area contributed by atoms with Gasteiger partial charge in [0.1, 0.15) is 5.60 Å². The molecular formula is C28H31NO4. The summed E-state index contributed by atoms with van der Waals surface area (Å²) in [5.41, 5.74) is 4.39. The Bertz CT molecular complexity index is 1050. The molecule has 0 saturated carbocycles. The molecule has 1 heterocycles. The molecule has 5 nitrogen and oxygen atoms in total. The first-order chi connectivity index (χ1) is 16.1. The molecule has 1 aliphatic heterocycles. The van der Waals surface area contributed by atoms with E-state index in [9.17, 15) is 15.0 Å². The molecule has 3 aromatic rings. The number of amides is 1. The minimum absolute atomic E-state index is 0.0359. The molecule has 172 valence electrons. The van der Waals surface area contributed by atoms with Gasteiger partial charge < -0.3 is 19.8 Å². The lowest BCUT2D eigenvalue weighted by Crippen LogP contribution is -2.48. The van der Waals surface area contributed by atoms with Gasteiger partial charge in [-0.15, -0.1) is 0 Å². The maximum atomic E-state index is 13.1. The Hall–Kier alpha value is -3.15. The summed E-state index contributed by atoms with van der Waals surface area (Å²) >= 11 is 0. The van der Waals surface area contributed by atoms with E-state index in [4.69, 9.17) is 4.74 Å². The minimum Gasteiger partial charge on any atom is -0.438 e. The summed E-state index contributed by atoms with van der Waals surface area (Å²) in [5, 5.41) is 18.6. The molecular weight excluding hydrogens is 414 g/mol. The van der Waals surface area contributed by atoms with Crippen LogP contribution in [0, 0.1) is 0 Å². The Kier molecular flexibility index (Phi) is 7.11. The quantitative estimate of drug-likeness (QED) is 0.486. The highest BCUT2D eigenvalue weighted by molar-refractivity contribution is 5.70. The highest BCUT2D eigenvalue weighted by Gasteiger charge is 2.43. The van der Waals surface area contributed by atoms with Crippen molar-refractivity contribution in [3.63, 3.8) is 0 Å². The van der Waals surface area contributed by atoms with E-state index in [0.29, 0.717) is 25.8 Å². The first-order valence-electron chi connectivity index (χ1n) is 11.5. The van der Waals surface area contributed by atoms with Crippen LogP contribution in [0.25, 0.3) is 11.1 Å². The third kappa shape index (κ3) is 4.95. The van der Waals surface area contributed by atoms with Crippen molar-refractivity contribution in [2.45, 2.75) is 44.4 Å². The lowest BCUT2D eigenvalue weighted by molar-refractivity contribution is -0.0680. The van der Waals surface area contributed by atoms with E-state index in [-0.39, 0.29) is 25.3 Å². The van der Waals surface area contributed by atoms with Crippen LogP contribution >= 0.6 is 0 Å². The molecule has 2 atom stereocenters. The number of hydrogen-bond acceptors (Lipinski definition) is 4. The summed E-state index contributed by atoms with van der Waals surface area (Å²) in [6.07, 6.45) is 1.55. The fourth-order valence-corrected chi connectivity index (χ4v) is 4.59. The van der Waals surface area contributed by atoms with E-state index in [1.54, 1.807) is 4.90 Å². The SMILES string of the molecule is C[C@@H](c1ccc(-c2ccc(CO)cc2)cc1)N1CC[C@](CCCO)(c2ccccc2)OC1=O. The van der Waals surface area contributed by atoms with Crippen molar-refractivity contribution >= 4 is 6.09 Å². The molecule has 3 aromatic carbocycles. The van der Waals surface area contributed by atoms with Crippen LogP contribution in [0.2, 0.25) is 0 Å². The summed E-state index contributed by atoms with van der Waals surface area (Å²) in [7, 11) is 0. The lowest BCUT2D eigenvalue weighted by atomic mass is 9.84. The number of carbonyl (C=O) groups is 1. The largest absolute Gasteiger partial charge is 0.438 e. The number of hydrogen-bond donors (Lipinski definition) is 2. The van der Waals surface area contributed by atoms with Crippen molar-refractivity contribution in [2.75, 3.05) is 13.2 Å². The van der Waals surface area contributed by atoms with E-state index in [2.05, 4.69) is 24.3 Å². The first kappa shape index (κ1) is 23.0. The van der Waals surface area contributed by atoms with Crippen LogP contribution in [-0.2, 0) is 16.9 Å². The number of carbonyl (C=O) groups excluding carboxylic acids is 1. The second-order valence-electron chi connectivity index (χ2n) is 8.65. The Balaban J connectivity index is 1.49. The molecule has 0 aromatic heterocycles. The monoisotopic (exact) mass is 445 g/mol. The number of ether oxygens (including phenoxy) is 1. The summed E-state index contributed by atoms with van der Waals surface area (Å²) in [5.74, 6) is 0. The molecule has 5 heteroatoms. The van der Waals surface area contributed by atoms with Gasteiger partial charge in [-0.05, 0) is 47.6 Å². The van der Waals surface area contributed by atoms with Crippen molar-refractivity contribution < 1.29 is 19.7 Å². The Morgan fingerprint density at radius 2 is 1.58 bits per heavy atom. The fourth-order valence-electron chi connectivity index (χ4n) is 4.59. The number of aliphatic hydroxyl groups is 2. The maximum absolute atomic E-state index is 13.1. The van der Waals surface area contributed by atoms with Crippen molar-refractivity contribution in [1.29, 1.82) is 0 Å². The van der Waals surface area contributed by atoms with Gasteiger partial charge in [-0.2, -0.15) is 0 Å². The van der Waals surface area contributed by atoms with E-state index >= 15 is 0 Å². The molecule has 0 bridgehead atoms. The predicted octanol–water partition coefficient (Wildman–Crippen LogP) is 5.42. The summed E-state index contributed by atoms with van der Waals surface area (Å²) < 4.78 is 6.09. The molecule has 0 spiro atoms. The van der Waals surface area contributed by atoms with Gasteiger partial charge in [-0.1, -0.05) is 78.9 Å². The first-order valence-corrected chi connectivity index (χ1v) is 11.5. The van der Waals surface area contributed by atoms with Crippen LogP contribution < -0.4 is 0 Å². The molecule has 1 saturated heterocycles. The number of aliphatic hydroxyl groups excluding tert-OH is 2. The van der Waals surface area contributed by atoms with Gasteiger partial charge in [0.25, 0.3) is 0 Å². The summed E-state index contributed by atoms with van der Waals surface area (Å²) in [6, 6.07) is 25.8. The molecule has 1 amide bonds. The Morgan fingerprint density at radius 1 is 0.939 bits per heavy atom. The van der Waals surface area contributed by atoms with Gasteiger partial charge in [0.15, 0.2) is 0 Å². The van der Waals surface area contributed by atoms with Gasteiger partial charge in [0.05, 0.1) is 12.6 Å². The maximum Gasteiger partial charge on any atom is 0.411 e. The van der Waals surface area contributed by atoms with Crippen LogP contribution in [0.5, 0.6) is 0 Å². The molecule has 1 aliphatic rings. The Labute approximate surface area is 195 Å². The van der Waals surface area contributed by atoms with Crippen molar-refractivity contribution in [2.24, 2.45) is 0 Å². The zero-order valence-corrected chi connectivity index (χ0v) is 19.0. The van der Waals surface area contributed by atoms with E-state index < -0.39 is 5.60 Å². The highest BCUT2D eigenvalue weighted by atomic mass is 16.6. The van der Waals surface area contributed by atoms with Crippen molar-refractivity contribution in [3.8, 4) is 11.1 Å². The lowest BCUT2D eigenvalue weighted by Gasteiger charge is -2.43. The molecule has 33 heavy (non-hydrogen) atoms. The second-order valence-corrected chi connectivity index (χ2v) is 8.65. The molecule has 4 rings (SSSR count). The van der Waals surface area contributed by atoms with E-state index in [0.717, 1.165) is 27.8 Å². The third-order valence-corrected chi connectivity index (χ3v) is 6.64. The van der Waals surface area contributed by atoms with Gasteiger partial charge in [-0.25, -0.2) is 4.79 Å². The van der Waals surface area contributed by atoms with Crippen molar-refractivity contribution in [3.05, 3.63) is 95.6 Å². The predicted molar refractivity (Wildman–Crippen MR) is 128 cm³/mol. The zero-order chi connectivity index (χ0) is 23.3. The average molecular weight is 446 g/mol. The molecule has 0 unspecified atom stereocenters. The molecule has 2 N–H and O–H groups in total. The number of rotatable bonds is 8. The van der Waals surface area contributed by atoms with Gasteiger partial charge in [0, 0.05) is 19.6 Å². The van der Waals surface area contributed by atoms with E-state index in [1.807, 2.05) is 61.5 Å². The molecule has 1 fully saturated rings. The standard InChI is InChI=1S/C28H31NO4/c1-21(23-12-14-25(15-13-23)24-10-8-22(20-31)9-11-24)29-18-17-28(16-5-19-30,33-27(29)32)26-6-3-2-4-7-26/h2-4,6-15,21,30-31H,5,16-20H2,1H3/t21-,28+/m0/s1. The summed E-state index contributed by atoms with van der Waals surface area (Å²) in [4.78, 5) is 14.9. The molecule has 0 radical (unpaired) electrons. The van der Waals surface area contributed by atoms with Crippen LogP contribution in [-0.4, -0.2) is 34.4 Å². The number of cyclic esters (lactones) is 1. The number of benzene rings is 3. The minimum atomic E-state index is -0.693. The third-order valence-electron chi connectivity index (χ3n) is 6.64.